The van der Waals surface area contributed by atoms with E-state index in [4.69, 9.17) is 11.6 Å². The van der Waals surface area contributed by atoms with E-state index in [0.717, 1.165) is 23.2 Å². The molecule has 2 atom stereocenters. The number of carbonyl (C=O) groups is 2. The maximum atomic E-state index is 14.4. The van der Waals surface area contributed by atoms with Crippen molar-refractivity contribution >= 4 is 23.5 Å². The van der Waals surface area contributed by atoms with Gasteiger partial charge in [-0.2, -0.15) is 13.2 Å². The summed E-state index contributed by atoms with van der Waals surface area (Å²) in [5, 5.41) is 4.17. The number of alkyl halides is 6. The van der Waals surface area contributed by atoms with Crippen molar-refractivity contribution in [3.8, 4) is 5.75 Å². The second-order valence-electron chi connectivity index (χ2n) is 7.38. The summed E-state index contributed by atoms with van der Waals surface area (Å²) in [5.41, 5.74) is -1.69. The van der Waals surface area contributed by atoms with Gasteiger partial charge in [0.2, 0.25) is 5.91 Å². The molecule has 7 nitrogen and oxygen atoms in total. The number of ether oxygens (including phenoxy) is 1. The summed E-state index contributed by atoms with van der Waals surface area (Å²) in [5.74, 6) is -3.06. The fraction of sp³-hybridized carbons (Fsp3) is 0.350. The molecule has 1 aliphatic rings. The van der Waals surface area contributed by atoms with E-state index in [-0.39, 0.29) is 24.2 Å². The third-order valence-electron chi connectivity index (χ3n) is 5.01. The van der Waals surface area contributed by atoms with Crippen LogP contribution < -0.4 is 15.4 Å². The molecule has 0 unspecified atom stereocenters. The fourth-order valence-electron chi connectivity index (χ4n) is 3.35. The number of urea groups is 1. The predicted molar refractivity (Wildman–Crippen MR) is 107 cm³/mol. The van der Waals surface area contributed by atoms with Gasteiger partial charge in [0, 0.05) is 19.3 Å². The van der Waals surface area contributed by atoms with Gasteiger partial charge in [-0.15, -0.1) is 13.2 Å². The Hall–Kier alpha value is -3.29. The summed E-state index contributed by atoms with van der Waals surface area (Å²) >= 11 is 5.72. The molecule has 3 rings (SSSR count). The second kappa shape index (κ2) is 9.76. The van der Waals surface area contributed by atoms with Gasteiger partial charge in [-0.1, -0.05) is 17.7 Å². The van der Waals surface area contributed by atoms with Crippen LogP contribution in [0.4, 0.5) is 35.5 Å². The lowest BCUT2D eigenvalue weighted by Crippen LogP contribution is -2.58. The van der Waals surface area contributed by atoms with Crippen LogP contribution in [0.5, 0.6) is 5.75 Å². The number of aromatic nitrogens is 1. The highest BCUT2D eigenvalue weighted by atomic mass is 35.5. The zero-order chi connectivity index (χ0) is 26.1. The van der Waals surface area contributed by atoms with E-state index in [0.29, 0.717) is 12.1 Å². The number of amides is 3. The van der Waals surface area contributed by atoms with Crippen molar-refractivity contribution in [2.45, 2.75) is 31.5 Å². The van der Waals surface area contributed by atoms with Crippen molar-refractivity contribution in [1.82, 2.24) is 20.5 Å². The summed E-state index contributed by atoms with van der Waals surface area (Å²) in [6.07, 6.45) is -9.32. The van der Waals surface area contributed by atoms with Crippen LogP contribution in [0.2, 0.25) is 5.02 Å². The van der Waals surface area contributed by atoms with Crippen molar-refractivity contribution in [1.29, 1.82) is 0 Å². The number of carbonyl (C=O) groups excluding carboxylic acids is 2. The maximum absolute atomic E-state index is 14.4. The van der Waals surface area contributed by atoms with Crippen molar-refractivity contribution in [2.24, 2.45) is 0 Å². The standard InChI is InChI=1S/C20H16ClF7N4O3/c1-9-17(33)29-4-5-32(9)18(34)31-15(11-6-12(21)16(30-8-11)19(23,24)25)10-2-3-14(13(22)7-10)35-20(26,27)28/h2-3,6-9,15H,4-5H2,1H3,(H,29,33)(H,31,34)/t9-,15+/m1/s1. The minimum absolute atomic E-state index is 0.0875. The van der Waals surface area contributed by atoms with Crippen LogP contribution in [0.1, 0.15) is 29.8 Å². The molecular weight excluding hydrogens is 513 g/mol. The van der Waals surface area contributed by atoms with Crippen LogP contribution in [0.3, 0.4) is 0 Å². The Labute approximate surface area is 198 Å². The first kappa shape index (κ1) is 26.3. The third-order valence-corrected chi connectivity index (χ3v) is 5.29. The van der Waals surface area contributed by atoms with Crippen LogP contribution in [0.15, 0.2) is 30.5 Å². The highest BCUT2D eigenvalue weighted by molar-refractivity contribution is 6.31. The minimum atomic E-state index is -5.17. The molecule has 0 radical (unpaired) electrons. The first-order valence-corrected chi connectivity index (χ1v) is 10.2. The van der Waals surface area contributed by atoms with Gasteiger partial charge in [0.25, 0.3) is 0 Å². The lowest BCUT2D eigenvalue weighted by molar-refractivity contribution is -0.275. The van der Waals surface area contributed by atoms with E-state index >= 15 is 0 Å². The molecule has 3 amide bonds. The van der Waals surface area contributed by atoms with Crippen molar-refractivity contribution in [2.75, 3.05) is 13.1 Å². The quantitative estimate of drug-likeness (QED) is 0.576. The van der Waals surface area contributed by atoms with Gasteiger partial charge in [-0.25, -0.2) is 14.2 Å². The Kier molecular flexibility index (Phi) is 7.34. The van der Waals surface area contributed by atoms with Crippen molar-refractivity contribution in [3.63, 3.8) is 0 Å². The van der Waals surface area contributed by atoms with Crippen molar-refractivity contribution < 1.29 is 45.1 Å². The zero-order valence-electron chi connectivity index (χ0n) is 17.6. The number of rotatable bonds is 4. The molecule has 15 heteroatoms. The van der Waals surface area contributed by atoms with E-state index < -0.39 is 58.8 Å². The topological polar surface area (TPSA) is 83.6 Å². The van der Waals surface area contributed by atoms with E-state index in [2.05, 4.69) is 20.4 Å². The molecule has 35 heavy (non-hydrogen) atoms. The molecule has 0 aliphatic carbocycles. The Balaban J connectivity index is 2.01. The van der Waals surface area contributed by atoms with Crippen LogP contribution in [0, 0.1) is 5.82 Å². The molecule has 1 aromatic carbocycles. The van der Waals surface area contributed by atoms with E-state index in [1.54, 1.807) is 0 Å². The highest BCUT2D eigenvalue weighted by Gasteiger charge is 2.37. The van der Waals surface area contributed by atoms with E-state index in [1.165, 1.54) is 6.92 Å². The van der Waals surface area contributed by atoms with Gasteiger partial charge in [-0.3, -0.25) is 4.79 Å². The normalized spacial score (nSPS) is 17.6. The van der Waals surface area contributed by atoms with Crippen LogP contribution in [-0.2, 0) is 11.0 Å². The molecule has 2 aromatic rings. The molecule has 0 saturated carbocycles. The van der Waals surface area contributed by atoms with E-state index in [1.807, 2.05) is 0 Å². The molecule has 1 aliphatic heterocycles. The fourth-order valence-corrected chi connectivity index (χ4v) is 3.63. The second-order valence-corrected chi connectivity index (χ2v) is 7.78. The summed E-state index contributed by atoms with van der Waals surface area (Å²) in [4.78, 5) is 29.2. The molecule has 190 valence electrons. The number of nitrogens with one attached hydrogen (secondary N) is 2. The Morgan fingerprint density at radius 3 is 2.49 bits per heavy atom. The predicted octanol–water partition coefficient (Wildman–Crippen LogP) is 4.41. The Morgan fingerprint density at radius 2 is 1.91 bits per heavy atom. The van der Waals surface area contributed by atoms with Gasteiger partial charge in [-0.05, 0) is 36.2 Å². The molecule has 1 saturated heterocycles. The Morgan fingerprint density at radius 1 is 1.23 bits per heavy atom. The summed E-state index contributed by atoms with van der Waals surface area (Å²) in [7, 11) is 0. The third kappa shape index (κ3) is 6.24. The first-order chi connectivity index (χ1) is 16.2. The van der Waals surface area contributed by atoms with E-state index in [9.17, 15) is 40.3 Å². The smallest absolute Gasteiger partial charge is 0.403 e. The number of hydrogen-bond donors (Lipinski definition) is 2. The van der Waals surface area contributed by atoms with Gasteiger partial charge < -0.3 is 20.3 Å². The SMILES string of the molecule is C[C@@H]1C(=O)NCCN1C(=O)N[C@@H](c1ccc(OC(F)(F)F)c(F)c1)c1cnc(C(F)(F)F)c(Cl)c1. The van der Waals surface area contributed by atoms with Crippen LogP contribution in [-0.4, -0.2) is 47.3 Å². The first-order valence-electron chi connectivity index (χ1n) is 9.80. The largest absolute Gasteiger partial charge is 0.573 e. The lowest BCUT2D eigenvalue weighted by atomic mass is 9.99. The maximum Gasteiger partial charge on any atom is 0.573 e. The average molecular weight is 529 g/mol. The summed E-state index contributed by atoms with van der Waals surface area (Å²) in [6.45, 7) is 1.65. The van der Waals surface area contributed by atoms with Gasteiger partial charge in [0.15, 0.2) is 17.3 Å². The van der Waals surface area contributed by atoms with Crippen LogP contribution in [0.25, 0.3) is 0 Å². The van der Waals surface area contributed by atoms with Gasteiger partial charge >= 0.3 is 18.6 Å². The monoisotopic (exact) mass is 528 g/mol. The number of pyridine rings is 1. The van der Waals surface area contributed by atoms with Gasteiger partial charge in [0.1, 0.15) is 6.04 Å². The average Bonchev–Trinajstić information content (AvgIpc) is 2.73. The summed E-state index contributed by atoms with van der Waals surface area (Å²) in [6, 6.07) is -0.0688. The zero-order valence-corrected chi connectivity index (χ0v) is 18.4. The summed E-state index contributed by atoms with van der Waals surface area (Å²) < 4.78 is 94.5. The molecule has 0 spiro atoms. The molecule has 2 N–H and O–H groups in total. The highest BCUT2D eigenvalue weighted by Crippen LogP contribution is 2.36. The molecule has 1 aromatic heterocycles. The minimum Gasteiger partial charge on any atom is -0.403 e. The Bertz CT molecular complexity index is 1130. The number of nitrogens with zero attached hydrogens (tertiary/aromatic N) is 2. The number of halogens is 8. The molecule has 1 fully saturated rings. The molecule has 0 bridgehead atoms. The number of hydrogen-bond acceptors (Lipinski definition) is 4. The molecular formula is C20H16ClF7N4O3. The molecule has 2 heterocycles. The van der Waals surface area contributed by atoms with Crippen molar-refractivity contribution in [3.05, 3.63) is 58.1 Å². The lowest BCUT2D eigenvalue weighted by Gasteiger charge is -2.34. The number of piperazine rings is 1. The van der Waals surface area contributed by atoms with Crippen LogP contribution >= 0.6 is 11.6 Å². The van der Waals surface area contributed by atoms with Gasteiger partial charge in [0.05, 0.1) is 11.1 Å². The number of benzene rings is 1.